The van der Waals surface area contributed by atoms with Crippen molar-refractivity contribution in [3.63, 3.8) is 0 Å². The number of nitrogens with zero attached hydrogens (tertiary/aromatic N) is 1. The highest BCUT2D eigenvalue weighted by molar-refractivity contribution is 7.98. The van der Waals surface area contributed by atoms with E-state index < -0.39 is 10.0 Å². The molecule has 1 saturated heterocycles. The SMILES string of the molecule is CSc1cccc(NC(=O)CN2CCCC(CNS(=O)(=O)c3ccc(C)cc3)C2)c1. The number of aryl methyl sites for hydroxylation is 1. The lowest BCUT2D eigenvalue weighted by Crippen LogP contribution is -2.43. The molecule has 3 rings (SSSR count). The van der Waals surface area contributed by atoms with Crippen LogP contribution in [-0.2, 0) is 14.8 Å². The molecule has 1 heterocycles. The molecule has 1 aliphatic rings. The van der Waals surface area contributed by atoms with Gasteiger partial charge < -0.3 is 5.32 Å². The van der Waals surface area contributed by atoms with E-state index in [2.05, 4.69) is 14.9 Å². The zero-order valence-electron chi connectivity index (χ0n) is 17.4. The lowest BCUT2D eigenvalue weighted by Gasteiger charge is -2.32. The molecule has 0 saturated carbocycles. The first-order valence-corrected chi connectivity index (χ1v) is 12.8. The molecule has 2 aromatic carbocycles. The lowest BCUT2D eigenvalue weighted by atomic mass is 9.98. The number of nitrogens with one attached hydrogen (secondary N) is 2. The van der Waals surface area contributed by atoms with Gasteiger partial charge in [-0.3, -0.25) is 9.69 Å². The molecule has 8 heteroatoms. The Morgan fingerprint density at radius 2 is 1.97 bits per heavy atom. The smallest absolute Gasteiger partial charge is 0.240 e. The van der Waals surface area contributed by atoms with Crippen LogP contribution in [0.15, 0.2) is 58.3 Å². The van der Waals surface area contributed by atoms with Crippen molar-refractivity contribution in [3.05, 3.63) is 54.1 Å². The molecule has 1 atom stereocenters. The van der Waals surface area contributed by atoms with Gasteiger partial charge in [-0.15, -0.1) is 11.8 Å². The summed E-state index contributed by atoms with van der Waals surface area (Å²) in [7, 11) is -3.51. The second-order valence-electron chi connectivity index (χ2n) is 7.69. The standard InChI is InChI=1S/C22H29N3O3S2/c1-17-8-10-21(11-9-17)30(27,28)23-14-18-5-4-12-25(15-18)16-22(26)24-19-6-3-7-20(13-19)29-2/h3,6-11,13,18,23H,4-5,12,14-16H2,1-2H3,(H,24,26). The number of piperidine rings is 1. The molecule has 1 unspecified atom stereocenters. The molecular formula is C22H29N3O3S2. The zero-order chi connectivity index (χ0) is 21.6. The third kappa shape index (κ3) is 6.57. The molecule has 0 radical (unpaired) electrons. The summed E-state index contributed by atoms with van der Waals surface area (Å²) in [4.78, 5) is 15.9. The number of hydrogen-bond acceptors (Lipinski definition) is 5. The van der Waals surface area contributed by atoms with E-state index in [9.17, 15) is 13.2 Å². The van der Waals surface area contributed by atoms with Gasteiger partial charge in [0.1, 0.15) is 0 Å². The molecule has 0 spiro atoms. The predicted molar refractivity (Wildman–Crippen MR) is 122 cm³/mol. The number of benzene rings is 2. The molecule has 0 bridgehead atoms. The fraction of sp³-hybridized carbons (Fsp3) is 0.409. The Morgan fingerprint density at radius 3 is 2.70 bits per heavy atom. The largest absolute Gasteiger partial charge is 0.325 e. The zero-order valence-corrected chi connectivity index (χ0v) is 19.1. The van der Waals surface area contributed by atoms with Crippen LogP contribution in [0.3, 0.4) is 0 Å². The Hall–Kier alpha value is -1.87. The Kier molecular flexibility index (Phi) is 7.93. The topological polar surface area (TPSA) is 78.5 Å². The summed E-state index contributed by atoms with van der Waals surface area (Å²) in [5.74, 6) is 0.140. The number of likely N-dealkylation sites (tertiary alicyclic amines) is 1. The maximum Gasteiger partial charge on any atom is 0.240 e. The van der Waals surface area contributed by atoms with Gasteiger partial charge in [0, 0.05) is 23.7 Å². The molecular weight excluding hydrogens is 418 g/mol. The van der Waals surface area contributed by atoms with Crippen LogP contribution >= 0.6 is 11.8 Å². The maximum atomic E-state index is 12.5. The van der Waals surface area contributed by atoms with E-state index in [1.165, 1.54) is 0 Å². The van der Waals surface area contributed by atoms with Gasteiger partial charge in [0.05, 0.1) is 11.4 Å². The van der Waals surface area contributed by atoms with E-state index >= 15 is 0 Å². The number of thioether (sulfide) groups is 1. The monoisotopic (exact) mass is 447 g/mol. The van der Waals surface area contributed by atoms with E-state index in [1.807, 2.05) is 37.4 Å². The summed E-state index contributed by atoms with van der Waals surface area (Å²) in [5, 5.41) is 2.96. The van der Waals surface area contributed by atoms with Crippen molar-refractivity contribution in [2.45, 2.75) is 29.6 Å². The highest BCUT2D eigenvalue weighted by Crippen LogP contribution is 2.20. The molecule has 6 nitrogen and oxygen atoms in total. The van der Waals surface area contributed by atoms with Crippen molar-refractivity contribution in [1.82, 2.24) is 9.62 Å². The molecule has 0 aromatic heterocycles. The lowest BCUT2D eigenvalue weighted by molar-refractivity contribution is -0.117. The fourth-order valence-corrected chi connectivity index (χ4v) is 5.17. The fourth-order valence-electron chi connectivity index (χ4n) is 3.59. The number of hydrogen-bond donors (Lipinski definition) is 2. The molecule has 1 amide bonds. The summed E-state index contributed by atoms with van der Waals surface area (Å²) in [5.41, 5.74) is 1.82. The van der Waals surface area contributed by atoms with Crippen LogP contribution in [0.5, 0.6) is 0 Å². The van der Waals surface area contributed by atoms with Crippen LogP contribution in [0.1, 0.15) is 18.4 Å². The normalized spacial score (nSPS) is 17.6. The molecule has 2 N–H and O–H groups in total. The van der Waals surface area contributed by atoms with E-state index in [0.29, 0.717) is 19.6 Å². The van der Waals surface area contributed by atoms with Gasteiger partial charge in [0.25, 0.3) is 0 Å². The quantitative estimate of drug-likeness (QED) is 0.607. The van der Waals surface area contributed by atoms with Gasteiger partial charge >= 0.3 is 0 Å². The van der Waals surface area contributed by atoms with Crippen LogP contribution in [0.4, 0.5) is 5.69 Å². The third-order valence-corrected chi connectivity index (χ3v) is 7.38. The molecule has 2 aromatic rings. The molecule has 162 valence electrons. The van der Waals surface area contributed by atoms with Crippen molar-refractivity contribution < 1.29 is 13.2 Å². The number of carbonyl (C=O) groups is 1. The second kappa shape index (κ2) is 10.4. The first kappa shape index (κ1) is 22.8. The average molecular weight is 448 g/mol. The van der Waals surface area contributed by atoms with Gasteiger partial charge in [0.15, 0.2) is 0 Å². The Labute approximate surface area is 183 Å². The highest BCUT2D eigenvalue weighted by Gasteiger charge is 2.23. The minimum Gasteiger partial charge on any atom is -0.325 e. The van der Waals surface area contributed by atoms with E-state index in [-0.39, 0.29) is 16.7 Å². The van der Waals surface area contributed by atoms with Gasteiger partial charge in [0.2, 0.25) is 15.9 Å². The highest BCUT2D eigenvalue weighted by atomic mass is 32.2. The van der Waals surface area contributed by atoms with Crippen LogP contribution in [-0.4, -0.2) is 51.7 Å². The Bertz CT molecular complexity index is 962. The number of anilines is 1. The number of rotatable bonds is 8. The summed E-state index contributed by atoms with van der Waals surface area (Å²) in [6, 6.07) is 14.6. The number of amides is 1. The van der Waals surface area contributed by atoms with E-state index in [0.717, 1.165) is 35.5 Å². The van der Waals surface area contributed by atoms with Crippen molar-refractivity contribution >= 4 is 33.4 Å². The van der Waals surface area contributed by atoms with Crippen LogP contribution in [0.2, 0.25) is 0 Å². The Balaban J connectivity index is 1.50. The summed E-state index contributed by atoms with van der Waals surface area (Å²) < 4.78 is 27.8. The summed E-state index contributed by atoms with van der Waals surface area (Å²) in [6.45, 7) is 4.17. The number of carbonyl (C=O) groups excluding carboxylic acids is 1. The first-order valence-electron chi connectivity index (χ1n) is 10.1. The third-order valence-electron chi connectivity index (χ3n) is 5.22. The van der Waals surface area contributed by atoms with Crippen molar-refractivity contribution in [1.29, 1.82) is 0 Å². The molecule has 1 aliphatic heterocycles. The average Bonchev–Trinajstić information content (AvgIpc) is 2.73. The van der Waals surface area contributed by atoms with Crippen LogP contribution < -0.4 is 10.0 Å². The van der Waals surface area contributed by atoms with E-state index in [4.69, 9.17) is 0 Å². The van der Waals surface area contributed by atoms with E-state index in [1.54, 1.807) is 36.0 Å². The van der Waals surface area contributed by atoms with Gasteiger partial charge in [-0.2, -0.15) is 0 Å². The number of sulfonamides is 1. The van der Waals surface area contributed by atoms with Gasteiger partial charge in [-0.1, -0.05) is 23.8 Å². The van der Waals surface area contributed by atoms with Crippen molar-refractivity contribution in [2.75, 3.05) is 37.8 Å². The Morgan fingerprint density at radius 1 is 1.20 bits per heavy atom. The predicted octanol–water partition coefficient (Wildman–Crippen LogP) is 3.35. The van der Waals surface area contributed by atoms with Gasteiger partial charge in [-0.05, 0) is 68.8 Å². The van der Waals surface area contributed by atoms with Crippen molar-refractivity contribution in [2.24, 2.45) is 5.92 Å². The van der Waals surface area contributed by atoms with Crippen LogP contribution in [0, 0.1) is 12.8 Å². The molecule has 1 fully saturated rings. The van der Waals surface area contributed by atoms with Gasteiger partial charge in [-0.25, -0.2) is 13.1 Å². The molecule has 30 heavy (non-hydrogen) atoms. The molecule has 0 aliphatic carbocycles. The van der Waals surface area contributed by atoms with Crippen molar-refractivity contribution in [3.8, 4) is 0 Å². The minimum absolute atomic E-state index is 0.0471. The second-order valence-corrected chi connectivity index (χ2v) is 10.3. The first-order chi connectivity index (χ1) is 14.4. The maximum absolute atomic E-state index is 12.5. The van der Waals surface area contributed by atoms with Crippen LogP contribution in [0.25, 0.3) is 0 Å². The summed E-state index contributed by atoms with van der Waals surface area (Å²) >= 11 is 1.63. The minimum atomic E-state index is -3.51. The summed E-state index contributed by atoms with van der Waals surface area (Å²) in [6.07, 6.45) is 3.90.